The van der Waals surface area contributed by atoms with Crippen molar-refractivity contribution in [1.29, 1.82) is 0 Å². The van der Waals surface area contributed by atoms with Crippen molar-refractivity contribution in [2.75, 3.05) is 31.0 Å². The zero-order valence-electron chi connectivity index (χ0n) is 22.1. The van der Waals surface area contributed by atoms with E-state index in [1.165, 1.54) is 30.3 Å². The molecule has 4 aromatic rings. The highest BCUT2D eigenvalue weighted by Gasteiger charge is 2.34. The van der Waals surface area contributed by atoms with Crippen molar-refractivity contribution in [3.63, 3.8) is 0 Å². The highest BCUT2D eigenvalue weighted by molar-refractivity contribution is 5.93. The minimum absolute atomic E-state index is 0.0428. The second kappa shape index (κ2) is 10.0. The van der Waals surface area contributed by atoms with Crippen molar-refractivity contribution in [1.82, 2.24) is 29.3 Å². The summed E-state index contributed by atoms with van der Waals surface area (Å²) in [6, 6.07) is 4.32. The Morgan fingerprint density at radius 2 is 2.02 bits per heavy atom. The third-order valence-electron chi connectivity index (χ3n) is 6.86. The Hall–Kier alpha value is -4.33. The van der Waals surface area contributed by atoms with Gasteiger partial charge in [-0.15, -0.1) is 0 Å². The summed E-state index contributed by atoms with van der Waals surface area (Å²) in [5.74, 6) is -1.08. The number of nitrogens with one attached hydrogen (secondary N) is 2. The molecule has 0 aromatic carbocycles. The molecular formula is C26H28F2N8O4. The molecular weight excluding hydrogens is 526 g/mol. The lowest BCUT2D eigenvalue weighted by atomic mass is 10.2. The van der Waals surface area contributed by atoms with Gasteiger partial charge in [0.25, 0.3) is 5.92 Å². The average Bonchev–Trinajstić information content (AvgIpc) is 3.31. The molecule has 1 aliphatic carbocycles. The highest BCUT2D eigenvalue weighted by atomic mass is 19.3. The van der Waals surface area contributed by atoms with Crippen LogP contribution in [0.4, 0.5) is 26.4 Å². The molecule has 1 saturated heterocycles. The molecule has 1 amide bonds. The number of hydrogen-bond acceptors (Lipinski definition) is 9. The average molecular weight is 555 g/mol. The van der Waals surface area contributed by atoms with E-state index in [4.69, 9.17) is 14.2 Å². The van der Waals surface area contributed by atoms with Crippen LogP contribution >= 0.6 is 0 Å². The molecule has 2 aliphatic rings. The number of imidazole rings is 1. The van der Waals surface area contributed by atoms with E-state index in [0.29, 0.717) is 59.8 Å². The summed E-state index contributed by atoms with van der Waals surface area (Å²) in [5.41, 5.74) is 0.662. The van der Waals surface area contributed by atoms with E-state index in [1.807, 2.05) is 0 Å². The van der Waals surface area contributed by atoms with Crippen LogP contribution in [0.1, 0.15) is 37.9 Å². The molecule has 0 bridgehead atoms. The maximum Gasteiger partial charge on any atom is 0.286 e. The van der Waals surface area contributed by atoms with Gasteiger partial charge in [-0.2, -0.15) is 18.9 Å². The van der Waals surface area contributed by atoms with Crippen LogP contribution in [0, 0.1) is 5.92 Å². The fourth-order valence-corrected chi connectivity index (χ4v) is 4.64. The first-order chi connectivity index (χ1) is 19.2. The van der Waals surface area contributed by atoms with Crippen molar-refractivity contribution < 1.29 is 27.8 Å². The first-order valence-electron chi connectivity index (χ1n) is 12.9. The molecule has 14 heteroatoms. The van der Waals surface area contributed by atoms with Gasteiger partial charge in [-0.05, 0) is 25.3 Å². The molecule has 40 heavy (non-hydrogen) atoms. The monoisotopic (exact) mass is 554 g/mol. The standard InChI is InChI=1S/C26H28F2N8O4/c1-26(27,28)18-11-20(34-36(18)15-7-9-39-13-15)32-25-33-23-21(35(25)2)22(38-3)17(12-30-23)40-16-6-8-29-19(10-16)31-24(37)14-4-5-14/h6,8,10-12,14-15H,4-5,7,9,13H2,1-3H3,(H,29,31,37)(H,30,32,33,34). The minimum Gasteiger partial charge on any atom is -0.491 e. The number of amides is 1. The number of hydrogen-bond donors (Lipinski definition) is 2. The summed E-state index contributed by atoms with van der Waals surface area (Å²) < 4.78 is 48.9. The van der Waals surface area contributed by atoms with Crippen LogP contribution in [-0.4, -0.2) is 55.5 Å². The van der Waals surface area contributed by atoms with Gasteiger partial charge in [-0.3, -0.25) is 9.48 Å². The van der Waals surface area contributed by atoms with Crippen LogP contribution in [-0.2, 0) is 22.5 Å². The van der Waals surface area contributed by atoms with Crippen LogP contribution in [0.15, 0.2) is 30.6 Å². The van der Waals surface area contributed by atoms with Crippen LogP contribution in [0.25, 0.3) is 11.2 Å². The first-order valence-corrected chi connectivity index (χ1v) is 12.9. The molecule has 2 N–H and O–H groups in total. The van der Waals surface area contributed by atoms with E-state index in [-0.39, 0.29) is 29.4 Å². The lowest BCUT2D eigenvalue weighted by molar-refractivity contribution is -0.117. The molecule has 1 unspecified atom stereocenters. The Morgan fingerprint density at radius 3 is 2.73 bits per heavy atom. The number of halogens is 2. The topological polar surface area (TPSA) is 130 Å². The molecule has 0 radical (unpaired) electrons. The lowest BCUT2D eigenvalue weighted by Crippen LogP contribution is -2.20. The molecule has 1 saturated carbocycles. The van der Waals surface area contributed by atoms with E-state index in [2.05, 4.69) is 30.7 Å². The van der Waals surface area contributed by atoms with Gasteiger partial charge in [0.05, 0.1) is 26.0 Å². The first kappa shape index (κ1) is 25.9. The van der Waals surface area contributed by atoms with Crippen LogP contribution in [0.3, 0.4) is 0 Å². The highest BCUT2D eigenvalue weighted by Crippen LogP contribution is 2.39. The Labute approximate surface area is 227 Å². The number of anilines is 3. The van der Waals surface area contributed by atoms with E-state index < -0.39 is 5.92 Å². The fraction of sp³-hybridized carbons (Fsp3) is 0.423. The molecule has 1 atom stereocenters. The number of rotatable bonds is 9. The molecule has 2 fully saturated rings. The van der Waals surface area contributed by atoms with E-state index in [1.54, 1.807) is 23.7 Å². The van der Waals surface area contributed by atoms with E-state index in [0.717, 1.165) is 19.8 Å². The summed E-state index contributed by atoms with van der Waals surface area (Å²) in [5, 5.41) is 10.2. The zero-order valence-corrected chi connectivity index (χ0v) is 22.1. The normalized spacial score (nSPS) is 17.3. The van der Waals surface area contributed by atoms with Crippen LogP contribution < -0.4 is 20.1 Å². The Morgan fingerprint density at radius 1 is 1.20 bits per heavy atom. The predicted molar refractivity (Wildman–Crippen MR) is 140 cm³/mol. The van der Waals surface area contributed by atoms with Gasteiger partial charge in [0.1, 0.15) is 22.8 Å². The Bertz CT molecular complexity index is 1570. The van der Waals surface area contributed by atoms with Crippen molar-refractivity contribution in [2.24, 2.45) is 13.0 Å². The Kier molecular flexibility index (Phi) is 6.49. The summed E-state index contributed by atoms with van der Waals surface area (Å²) >= 11 is 0. The summed E-state index contributed by atoms with van der Waals surface area (Å²) in [4.78, 5) is 25.2. The number of aromatic nitrogens is 6. The van der Waals surface area contributed by atoms with E-state index in [9.17, 15) is 13.6 Å². The van der Waals surface area contributed by atoms with Gasteiger partial charge < -0.3 is 29.4 Å². The Balaban J connectivity index is 1.28. The predicted octanol–water partition coefficient (Wildman–Crippen LogP) is 4.53. The minimum atomic E-state index is -3.09. The SMILES string of the molecule is COc1c(Oc2ccnc(NC(=O)C3CC3)c2)cnc2nc(Nc3cc(C(C)(F)F)n(C4CCOC4)n3)n(C)c12. The number of alkyl halides is 2. The molecule has 12 nitrogen and oxygen atoms in total. The second-order valence-electron chi connectivity index (χ2n) is 9.95. The third kappa shape index (κ3) is 5.01. The molecule has 210 valence electrons. The maximum atomic E-state index is 14.4. The van der Waals surface area contributed by atoms with Gasteiger partial charge in [-0.25, -0.2) is 9.97 Å². The van der Waals surface area contributed by atoms with Crippen molar-refractivity contribution in [3.05, 3.63) is 36.3 Å². The van der Waals surface area contributed by atoms with Gasteiger partial charge in [0, 0.05) is 44.8 Å². The molecule has 4 aromatic heterocycles. The third-order valence-corrected chi connectivity index (χ3v) is 6.86. The van der Waals surface area contributed by atoms with Gasteiger partial charge in [0.2, 0.25) is 11.9 Å². The molecule has 1 aliphatic heterocycles. The number of nitrogens with zero attached hydrogens (tertiary/aromatic N) is 6. The summed E-state index contributed by atoms with van der Waals surface area (Å²) in [7, 11) is 3.23. The van der Waals surface area contributed by atoms with Crippen molar-refractivity contribution in [3.8, 4) is 17.2 Å². The molecule has 0 spiro atoms. The van der Waals surface area contributed by atoms with Crippen molar-refractivity contribution >= 4 is 34.7 Å². The number of methoxy groups -OCH3 is 1. The van der Waals surface area contributed by atoms with Crippen LogP contribution in [0.5, 0.6) is 17.2 Å². The zero-order chi connectivity index (χ0) is 28.0. The quantitative estimate of drug-likeness (QED) is 0.307. The second-order valence-corrected chi connectivity index (χ2v) is 9.95. The van der Waals surface area contributed by atoms with Gasteiger partial charge in [0.15, 0.2) is 23.0 Å². The number of carbonyl (C=O) groups is 1. The lowest BCUT2D eigenvalue weighted by Gasteiger charge is -2.16. The summed E-state index contributed by atoms with van der Waals surface area (Å²) in [6.45, 7) is 1.67. The number of ether oxygens (including phenoxy) is 3. The van der Waals surface area contributed by atoms with Crippen LogP contribution in [0.2, 0.25) is 0 Å². The number of pyridine rings is 2. The largest absolute Gasteiger partial charge is 0.491 e. The number of carbonyl (C=O) groups excluding carboxylic acids is 1. The molecule has 5 heterocycles. The van der Waals surface area contributed by atoms with E-state index >= 15 is 0 Å². The van der Waals surface area contributed by atoms with Crippen molar-refractivity contribution in [2.45, 2.75) is 38.2 Å². The van der Waals surface area contributed by atoms with Gasteiger partial charge >= 0.3 is 0 Å². The number of aryl methyl sites for hydroxylation is 1. The fourth-order valence-electron chi connectivity index (χ4n) is 4.64. The van der Waals surface area contributed by atoms with Gasteiger partial charge in [-0.1, -0.05) is 0 Å². The smallest absolute Gasteiger partial charge is 0.286 e. The number of fused-ring (bicyclic) bond motifs is 1. The summed E-state index contributed by atoms with van der Waals surface area (Å²) in [6.07, 6.45) is 5.39. The molecule has 6 rings (SSSR count). The maximum absolute atomic E-state index is 14.4.